The standard InChI is InChI=1S/C7H12N2S3/c1-2-6(3-10)4-11-7-9-8-5-12-7/h5-6,10H,2-4H2,1H3. The molecule has 12 heavy (non-hydrogen) atoms. The lowest BCUT2D eigenvalue weighted by Crippen LogP contribution is -2.03. The van der Waals surface area contributed by atoms with Crippen molar-refractivity contribution in [2.24, 2.45) is 5.92 Å². The van der Waals surface area contributed by atoms with Crippen molar-refractivity contribution in [2.75, 3.05) is 11.5 Å². The molecule has 0 amide bonds. The molecule has 0 N–H and O–H groups in total. The molecule has 0 saturated heterocycles. The molecule has 2 nitrogen and oxygen atoms in total. The van der Waals surface area contributed by atoms with E-state index < -0.39 is 0 Å². The van der Waals surface area contributed by atoms with Crippen LogP contribution in [0, 0.1) is 5.92 Å². The molecule has 0 spiro atoms. The van der Waals surface area contributed by atoms with Gasteiger partial charge in [0, 0.05) is 5.75 Å². The van der Waals surface area contributed by atoms with E-state index >= 15 is 0 Å². The van der Waals surface area contributed by atoms with Gasteiger partial charge < -0.3 is 0 Å². The van der Waals surface area contributed by atoms with Crippen LogP contribution in [0.3, 0.4) is 0 Å². The molecule has 1 heterocycles. The van der Waals surface area contributed by atoms with Crippen LogP contribution < -0.4 is 0 Å². The zero-order chi connectivity index (χ0) is 8.81. The summed E-state index contributed by atoms with van der Waals surface area (Å²) in [7, 11) is 0. The van der Waals surface area contributed by atoms with Crippen molar-refractivity contribution < 1.29 is 0 Å². The van der Waals surface area contributed by atoms with E-state index in [4.69, 9.17) is 0 Å². The van der Waals surface area contributed by atoms with E-state index in [1.807, 2.05) is 0 Å². The molecule has 1 aromatic rings. The lowest BCUT2D eigenvalue weighted by atomic mass is 10.2. The van der Waals surface area contributed by atoms with E-state index in [1.54, 1.807) is 28.6 Å². The summed E-state index contributed by atoms with van der Waals surface area (Å²) in [5.41, 5.74) is 1.77. The number of thioether (sulfide) groups is 1. The highest BCUT2D eigenvalue weighted by Gasteiger charge is 2.05. The molecule has 1 rings (SSSR count). The maximum Gasteiger partial charge on any atom is 0.174 e. The van der Waals surface area contributed by atoms with E-state index in [9.17, 15) is 0 Å². The van der Waals surface area contributed by atoms with Crippen LogP contribution in [0.4, 0.5) is 0 Å². The van der Waals surface area contributed by atoms with Gasteiger partial charge in [-0.1, -0.05) is 36.4 Å². The van der Waals surface area contributed by atoms with Gasteiger partial charge in [0.2, 0.25) is 0 Å². The molecule has 0 aliphatic heterocycles. The lowest BCUT2D eigenvalue weighted by Gasteiger charge is -2.08. The third kappa shape index (κ3) is 3.33. The summed E-state index contributed by atoms with van der Waals surface area (Å²) in [4.78, 5) is 0. The molecule has 0 radical (unpaired) electrons. The molecule has 0 saturated carbocycles. The summed E-state index contributed by atoms with van der Waals surface area (Å²) in [6.07, 6.45) is 1.19. The SMILES string of the molecule is CCC(CS)CSc1nncs1. The second kappa shape index (κ2) is 5.83. The normalized spacial score (nSPS) is 13.2. The number of rotatable bonds is 5. The van der Waals surface area contributed by atoms with Crippen molar-refractivity contribution >= 4 is 35.7 Å². The minimum absolute atomic E-state index is 0.697. The Hall–Kier alpha value is 0.260. The fraction of sp³-hybridized carbons (Fsp3) is 0.714. The van der Waals surface area contributed by atoms with Gasteiger partial charge in [-0.2, -0.15) is 12.6 Å². The summed E-state index contributed by atoms with van der Waals surface area (Å²) in [5, 5.41) is 7.74. The molecule has 0 fully saturated rings. The number of thiol groups is 1. The van der Waals surface area contributed by atoms with Crippen molar-refractivity contribution in [1.82, 2.24) is 10.2 Å². The Balaban J connectivity index is 2.25. The first-order chi connectivity index (χ1) is 5.86. The molecular formula is C7H12N2S3. The predicted octanol–water partition coefficient (Wildman–Crippen LogP) is 2.59. The van der Waals surface area contributed by atoms with Gasteiger partial charge in [-0.15, -0.1) is 10.2 Å². The molecule has 68 valence electrons. The van der Waals surface area contributed by atoms with Gasteiger partial charge in [0.05, 0.1) is 0 Å². The van der Waals surface area contributed by atoms with Crippen molar-refractivity contribution in [3.63, 3.8) is 0 Å². The van der Waals surface area contributed by atoms with E-state index in [0.717, 1.165) is 15.8 Å². The summed E-state index contributed by atoms with van der Waals surface area (Å²) in [5.74, 6) is 2.76. The van der Waals surface area contributed by atoms with Crippen molar-refractivity contribution in [3.8, 4) is 0 Å². The van der Waals surface area contributed by atoms with E-state index in [1.165, 1.54) is 6.42 Å². The monoisotopic (exact) mass is 220 g/mol. The molecular weight excluding hydrogens is 208 g/mol. The first-order valence-electron chi connectivity index (χ1n) is 3.86. The van der Waals surface area contributed by atoms with E-state index in [0.29, 0.717) is 5.92 Å². The van der Waals surface area contributed by atoms with Gasteiger partial charge in [-0.05, 0) is 11.7 Å². The number of hydrogen-bond acceptors (Lipinski definition) is 5. The summed E-state index contributed by atoms with van der Waals surface area (Å²) >= 11 is 7.66. The van der Waals surface area contributed by atoms with Crippen LogP contribution in [0.25, 0.3) is 0 Å². The Morgan fingerprint density at radius 2 is 2.58 bits per heavy atom. The van der Waals surface area contributed by atoms with Gasteiger partial charge in [0.1, 0.15) is 5.51 Å². The third-order valence-electron chi connectivity index (χ3n) is 1.62. The Bertz CT molecular complexity index is 196. The Labute approximate surface area is 86.6 Å². The van der Waals surface area contributed by atoms with Crippen molar-refractivity contribution in [3.05, 3.63) is 5.51 Å². The molecule has 1 aromatic heterocycles. The van der Waals surface area contributed by atoms with Gasteiger partial charge >= 0.3 is 0 Å². The number of aromatic nitrogens is 2. The second-order valence-corrected chi connectivity index (χ2v) is 4.94. The zero-order valence-electron chi connectivity index (χ0n) is 6.93. The number of nitrogens with zero attached hydrogens (tertiary/aromatic N) is 2. The third-order valence-corrected chi connectivity index (χ3v) is 4.23. The van der Waals surface area contributed by atoms with E-state index in [2.05, 4.69) is 29.7 Å². The topological polar surface area (TPSA) is 25.8 Å². The largest absolute Gasteiger partial charge is 0.179 e. The van der Waals surface area contributed by atoms with Crippen LogP contribution >= 0.6 is 35.7 Å². The highest BCUT2D eigenvalue weighted by atomic mass is 32.2. The highest BCUT2D eigenvalue weighted by molar-refractivity contribution is 8.01. The minimum Gasteiger partial charge on any atom is -0.179 e. The van der Waals surface area contributed by atoms with Crippen LogP contribution in [0.5, 0.6) is 0 Å². The molecule has 0 bridgehead atoms. The van der Waals surface area contributed by atoms with Crippen LogP contribution in [0.2, 0.25) is 0 Å². The van der Waals surface area contributed by atoms with Crippen molar-refractivity contribution in [2.45, 2.75) is 17.7 Å². The average molecular weight is 220 g/mol. The van der Waals surface area contributed by atoms with E-state index in [-0.39, 0.29) is 0 Å². The van der Waals surface area contributed by atoms with Crippen LogP contribution in [-0.4, -0.2) is 21.7 Å². The summed E-state index contributed by atoms with van der Waals surface area (Å²) < 4.78 is 1.07. The fourth-order valence-electron chi connectivity index (χ4n) is 0.715. The van der Waals surface area contributed by atoms with Gasteiger partial charge in [-0.25, -0.2) is 0 Å². The van der Waals surface area contributed by atoms with Crippen LogP contribution in [0.1, 0.15) is 13.3 Å². The smallest absolute Gasteiger partial charge is 0.174 e. The molecule has 0 aliphatic rings. The summed E-state index contributed by atoms with van der Waals surface area (Å²) in [6.45, 7) is 2.20. The zero-order valence-corrected chi connectivity index (χ0v) is 9.46. The first-order valence-corrected chi connectivity index (χ1v) is 6.36. The highest BCUT2D eigenvalue weighted by Crippen LogP contribution is 2.23. The predicted molar refractivity (Wildman–Crippen MR) is 58.3 cm³/mol. The maximum absolute atomic E-state index is 4.28. The molecule has 0 aromatic carbocycles. The quantitative estimate of drug-likeness (QED) is 0.610. The average Bonchev–Trinajstić information content (AvgIpc) is 2.59. The fourth-order valence-corrected chi connectivity index (χ4v) is 3.00. The Kier molecular flexibility index (Phi) is 5.02. The van der Waals surface area contributed by atoms with Crippen LogP contribution in [-0.2, 0) is 0 Å². The van der Waals surface area contributed by atoms with Gasteiger partial charge in [0.25, 0.3) is 0 Å². The minimum atomic E-state index is 0.697. The molecule has 5 heteroatoms. The molecule has 1 atom stereocenters. The molecule has 0 aliphatic carbocycles. The lowest BCUT2D eigenvalue weighted by molar-refractivity contribution is 0.649. The van der Waals surface area contributed by atoms with Crippen LogP contribution in [0.15, 0.2) is 9.85 Å². The second-order valence-electron chi connectivity index (χ2n) is 2.47. The summed E-state index contributed by atoms with van der Waals surface area (Å²) in [6, 6.07) is 0. The first kappa shape index (κ1) is 10.3. The van der Waals surface area contributed by atoms with Crippen molar-refractivity contribution in [1.29, 1.82) is 0 Å². The van der Waals surface area contributed by atoms with Gasteiger partial charge in [0.15, 0.2) is 4.34 Å². The van der Waals surface area contributed by atoms with Gasteiger partial charge in [-0.3, -0.25) is 0 Å². The number of hydrogen-bond donors (Lipinski definition) is 1. The Morgan fingerprint density at radius 3 is 3.08 bits per heavy atom. The molecule has 1 unspecified atom stereocenters. The Morgan fingerprint density at radius 1 is 1.75 bits per heavy atom. The maximum atomic E-state index is 4.28.